The van der Waals surface area contributed by atoms with Crippen LogP contribution in [0.3, 0.4) is 0 Å². The minimum Gasteiger partial charge on any atom is -0.384 e. The summed E-state index contributed by atoms with van der Waals surface area (Å²) in [6.07, 6.45) is 2.13. The lowest BCUT2D eigenvalue weighted by Gasteiger charge is -2.57. The van der Waals surface area contributed by atoms with Crippen molar-refractivity contribution in [2.24, 2.45) is 5.92 Å². The molecule has 0 saturated carbocycles. The summed E-state index contributed by atoms with van der Waals surface area (Å²) in [5, 5.41) is 0. The number of aryl methyl sites for hydroxylation is 1. The van der Waals surface area contributed by atoms with Crippen molar-refractivity contribution in [3.63, 3.8) is 0 Å². The molecule has 2 fully saturated rings. The molecule has 1 aromatic rings. The number of hydrogen-bond donors (Lipinski definition) is 0. The van der Waals surface area contributed by atoms with Gasteiger partial charge in [0.15, 0.2) is 0 Å². The highest BCUT2D eigenvalue weighted by atomic mass is 32.2. The number of likely N-dealkylation sites (N-methyl/N-ethyl adjacent to an activating group) is 1. The summed E-state index contributed by atoms with van der Waals surface area (Å²) >= 11 is 0. The average molecular weight is 338 g/mol. The number of nitrogens with zero attached hydrogens (tertiary/aromatic N) is 2. The molecule has 1 atom stereocenters. The van der Waals surface area contributed by atoms with Gasteiger partial charge in [0.25, 0.3) is 0 Å². The number of benzene rings is 1. The average Bonchev–Trinajstić information content (AvgIpc) is 2.47. The van der Waals surface area contributed by atoms with Gasteiger partial charge in [0.05, 0.1) is 4.90 Å². The van der Waals surface area contributed by atoms with Crippen LogP contribution in [0.2, 0.25) is 0 Å². The first kappa shape index (κ1) is 16.9. The fraction of sp³-hybridized carbons (Fsp3) is 0.647. The Morgan fingerprint density at radius 1 is 1.26 bits per heavy atom. The predicted octanol–water partition coefficient (Wildman–Crippen LogP) is 1.73. The number of ether oxygens (including phenoxy) is 1. The van der Waals surface area contributed by atoms with E-state index in [1.54, 1.807) is 23.5 Å². The van der Waals surface area contributed by atoms with Crippen LogP contribution < -0.4 is 0 Å². The van der Waals surface area contributed by atoms with Crippen LogP contribution in [0, 0.1) is 12.8 Å². The molecule has 6 heteroatoms. The zero-order chi connectivity index (χ0) is 16.7. The quantitative estimate of drug-likeness (QED) is 0.839. The maximum Gasteiger partial charge on any atom is 0.243 e. The molecule has 2 aliphatic heterocycles. The van der Waals surface area contributed by atoms with Crippen LogP contribution in [0.15, 0.2) is 29.2 Å². The van der Waals surface area contributed by atoms with E-state index in [-0.39, 0.29) is 5.54 Å². The highest BCUT2D eigenvalue weighted by molar-refractivity contribution is 7.89. The van der Waals surface area contributed by atoms with E-state index < -0.39 is 10.0 Å². The van der Waals surface area contributed by atoms with Gasteiger partial charge in [-0.1, -0.05) is 17.7 Å². The van der Waals surface area contributed by atoms with E-state index in [1.807, 2.05) is 19.1 Å². The zero-order valence-electron chi connectivity index (χ0n) is 14.2. The van der Waals surface area contributed by atoms with E-state index in [4.69, 9.17) is 4.74 Å². The number of sulfonamides is 1. The van der Waals surface area contributed by atoms with Gasteiger partial charge in [-0.3, -0.25) is 4.90 Å². The molecular weight excluding hydrogens is 312 g/mol. The van der Waals surface area contributed by atoms with Gasteiger partial charge in [-0.25, -0.2) is 8.42 Å². The Hall–Kier alpha value is -0.950. The maximum atomic E-state index is 12.7. The molecular formula is C17H26N2O3S. The monoisotopic (exact) mass is 338 g/mol. The second-order valence-electron chi connectivity index (χ2n) is 7.05. The molecule has 0 amide bonds. The summed E-state index contributed by atoms with van der Waals surface area (Å²) in [6.45, 7) is 4.90. The number of hydrogen-bond acceptors (Lipinski definition) is 4. The minimum absolute atomic E-state index is 0.0147. The lowest BCUT2D eigenvalue weighted by atomic mass is 9.77. The van der Waals surface area contributed by atoms with Gasteiger partial charge in [0, 0.05) is 32.3 Å². The van der Waals surface area contributed by atoms with Crippen molar-refractivity contribution in [2.75, 3.05) is 40.4 Å². The van der Waals surface area contributed by atoms with Crippen LogP contribution in [0.5, 0.6) is 0 Å². The number of methoxy groups -OCH3 is 1. The van der Waals surface area contributed by atoms with E-state index in [0.717, 1.165) is 31.6 Å². The predicted molar refractivity (Wildman–Crippen MR) is 89.9 cm³/mol. The van der Waals surface area contributed by atoms with Crippen molar-refractivity contribution >= 4 is 10.0 Å². The third-order valence-electron chi connectivity index (χ3n) is 5.35. The number of likely N-dealkylation sites (tertiary alicyclic amines) is 1. The second-order valence-corrected chi connectivity index (χ2v) is 8.98. The van der Waals surface area contributed by atoms with Crippen molar-refractivity contribution < 1.29 is 13.2 Å². The number of piperidine rings is 1. The molecule has 0 radical (unpaired) electrons. The Bertz CT molecular complexity index is 651. The van der Waals surface area contributed by atoms with Crippen molar-refractivity contribution in [1.29, 1.82) is 0 Å². The van der Waals surface area contributed by atoms with Gasteiger partial charge in [-0.15, -0.1) is 0 Å². The van der Waals surface area contributed by atoms with E-state index in [2.05, 4.69) is 11.9 Å². The van der Waals surface area contributed by atoms with Gasteiger partial charge in [0.2, 0.25) is 10.0 Å². The third kappa shape index (κ3) is 3.05. The molecule has 0 aliphatic carbocycles. The summed E-state index contributed by atoms with van der Waals surface area (Å²) in [5.74, 6) is 0.528. The largest absolute Gasteiger partial charge is 0.384 e. The molecule has 5 nitrogen and oxygen atoms in total. The molecule has 2 heterocycles. The van der Waals surface area contributed by atoms with E-state index in [9.17, 15) is 8.42 Å². The van der Waals surface area contributed by atoms with Gasteiger partial charge in [-0.05, 0) is 51.4 Å². The fourth-order valence-electron chi connectivity index (χ4n) is 3.80. The molecule has 2 aliphatic rings. The minimum atomic E-state index is -3.37. The lowest BCUT2D eigenvalue weighted by molar-refractivity contribution is -0.0547. The van der Waals surface area contributed by atoms with E-state index >= 15 is 0 Å². The molecule has 0 N–H and O–H groups in total. The highest BCUT2D eigenvalue weighted by Crippen LogP contribution is 2.40. The van der Waals surface area contributed by atoms with Crippen molar-refractivity contribution in [3.05, 3.63) is 29.8 Å². The van der Waals surface area contributed by atoms with Crippen LogP contribution >= 0.6 is 0 Å². The van der Waals surface area contributed by atoms with Crippen molar-refractivity contribution in [3.8, 4) is 0 Å². The molecule has 1 spiro atoms. The van der Waals surface area contributed by atoms with E-state index in [1.165, 1.54) is 0 Å². The Labute approximate surface area is 139 Å². The Balaban J connectivity index is 1.72. The maximum absolute atomic E-state index is 12.7. The first-order chi connectivity index (χ1) is 10.9. The molecule has 0 aromatic heterocycles. The van der Waals surface area contributed by atoms with E-state index in [0.29, 0.717) is 23.9 Å². The van der Waals surface area contributed by atoms with Gasteiger partial charge < -0.3 is 4.74 Å². The van der Waals surface area contributed by atoms with Gasteiger partial charge in [-0.2, -0.15) is 4.31 Å². The van der Waals surface area contributed by atoms with Gasteiger partial charge in [0.1, 0.15) is 0 Å². The lowest BCUT2D eigenvalue weighted by Crippen LogP contribution is -2.72. The first-order valence-electron chi connectivity index (χ1n) is 8.14. The summed E-state index contributed by atoms with van der Waals surface area (Å²) in [5.41, 5.74) is 1.05. The molecule has 128 valence electrons. The van der Waals surface area contributed by atoms with Crippen LogP contribution in [0.1, 0.15) is 18.4 Å². The Morgan fingerprint density at radius 2 is 1.91 bits per heavy atom. The van der Waals surface area contributed by atoms with Crippen molar-refractivity contribution in [1.82, 2.24) is 9.21 Å². The highest BCUT2D eigenvalue weighted by Gasteiger charge is 2.53. The summed E-state index contributed by atoms with van der Waals surface area (Å²) in [6, 6.07) is 7.11. The summed E-state index contributed by atoms with van der Waals surface area (Å²) in [4.78, 5) is 2.73. The molecule has 2 saturated heterocycles. The Morgan fingerprint density at radius 3 is 2.52 bits per heavy atom. The molecule has 1 aromatic carbocycles. The molecule has 0 bridgehead atoms. The molecule has 0 unspecified atom stereocenters. The summed E-state index contributed by atoms with van der Waals surface area (Å²) < 4.78 is 32.4. The third-order valence-corrected chi connectivity index (χ3v) is 7.16. The normalized spacial score (nSPS) is 25.4. The SMILES string of the molecule is COC[C@H]1CCN(C)C2(C1)CN(S(=O)(=O)c1ccc(C)cc1)C2. The van der Waals surface area contributed by atoms with Crippen molar-refractivity contribution in [2.45, 2.75) is 30.2 Å². The zero-order valence-corrected chi connectivity index (χ0v) is 15.0. The van der Waals surface area contributed by atoms with Crippen LogP contribution in [0.25, 0.3) is 0 Å². The Kier molecular flexibility index (Phi) is 4.53. The first-order valence-corrected chi connectivity index (χ1v) is 9.58. The smallest absolute Gasteiger partial charge is 0.243 e. The standard InChI is InChI=1S/C17H26N2O3S/c1-14-4-6-16(7-5-14)23(20,21)19-12-17(13-19)10-15(11-22-3)8-9-18(17)2/h4-7,15H,8-13H2,1-3H3/t15-/m0/s1. The van der Waals surface area contributed by atoms with Gasteiger partial charge >= 0.3 is 0 Å². The second kappa shape index (κ2) is 6.16. The molecule has 3 rings (SSSR count). The number of rotatable bonds is 4. The van der Waals surface area contributed by atoms with Crippen LogP contribution in [0.4, 0.5) is 0 Å². The molecule has 23 heavy (non-hydrogen) atoms. The van der Waals surface area contributed by atoms with Crippen LogP contribution in [-0.2, 0) is 14.8 Å². The topological polar surface area (TPSA) is 49.9 Å². The summed E-state index contributed by atoms with van der Waals surface area (Å²) in [7, 11) is 0.474. The van der Waals surface area contributed by atoms with Crippen LogP contribution in [-0.4, -0.2) is 63.6 Å². The fourth-order valence-corrected chi connectivity index (χ4v) is 5.40.